The fraction of sp³-hybridized carbons (Fsp3) is 0.156. The van der Waals surface area contributed by atoms with Crippen LogP contribution in [0.1, 0.15) is 81.5 Å². The summed E-state index contributed by atoms with van der Waals surface area (Å²) in [6.07, 6.45) is -4.65. The average molecular weight is 972 g/mol. The Morgan fingerprint density at radius 2 is 1.00 bits per heavy atom. The van der Waals surface area contributed by atoms with Crippen LogP contribution in [-0.4, -0.2) is 18.0 Å². The fourth-order valence-electron chi connectivity index (χ4n) is 12.8. The van der Waals surface area contributed by atoms with Gasteiger partial charge in [0.05, 0.1) is 28.0 Å². The molecule has 0 fully saturated rings. The summed E-state index contributed by atoms with van der Waals surface area (Å²) in [5, 5.41) is 2.14. The van der Waals surface area contributed by atoms with E-state index in [1.165, 1.54) is 39.6 Å². The lowest BCUT2D eigenvalue weighted by atomic mass is 9.29. The maximum absolute atomic E-state index is 16.0. The molecular weight excluding hydrogens is 921 g/mol. The zero-order chi connectivity index (χ0) is 49.8. The zero-order valence-electron chi connectivity index (χ0n) is 41.5. The number of nitrogens with zero attached hydrogens (tertiary/aromatic N) is 3. The van der Waals surface area contributed by atoms with Crippen LogP contribution in [0.4, 0.5) is 47.3 Å². The second kappa shape index (κ2) is 16.1. The topological polar surface area (TPSA) is 11.4 Å². The van der Waals surface area contributed by atoms with Gasteiger partial charge < -0.3 is 14.4 Å². The van der Waals surface area contributed by atoms with Crippen molar-refractivity contribution < 1.29 is 13.2 Å². The van der Waals surface area contributed by atoms with Gasteiger partial charge in [0.2, 0.25) is 6.71 Å². The predicted octanol–water partition coefficient (Wildman–Crippen LogP) is 14.2. The first-order valence-corrected chi connectivity index (χ1v) is 26.5. The number of alkyl halides is 3. The van der Waals surface area contributed by atoms with E-state index in [0.717, 1.165) is 98.8 Å². The summed E-state index contributed by atoms with van der Waals surface area (Å²) in [5.74, 6) is 0.712. The SMILES string of the molecule is CC(C)c1ccc2c(c1)B1c3ccccc3Sc3c1c1c4c(c3-c3cccc5c3c3ccccc3n5-c3ccccc3)N(c3ccccc3C(F)(F)F)c3ccc(C(C)C)cc3B4c3cc(C(C)C)ccc3N21. The van der Waals surface area contributed by atoms with Crippen LogP contribution in [0.15, 0.2) is 186 Å². The van der Waals surface area contributed by atoms with E-state index in [1.54, 1.807) is 23.9 Å². The van der Waals surface area contributed by atoms with Crippen molar-refractivity contribution in [2.75, 3.05) is 9.80 Å². The summed E-state index contributed by atoms with van der Waals surface area (Å²) in [6, 6.07) is 61.4. The molecular formula is C64H50B2F3N3S. The summed E-state index contributed by atoms with van der Waals surface area (Å²) in [7, 11) is 0. The number of fused-ring (bicyclic) bond motifs is 13. The van der Waals surface area contributed by atoms with Crippen molar-refractivity contribution in [2.45, 2.75) is 75.3 Å². The Morgan fingerprint density at radius 1 is 0.466 bits per heavy atom. The van der Waals surface area contributed by atoms with Crippen molar-refractivity contribution >= 4 is 114 Å². The van der Waals surface area contributed by atoms with Crippen LogP contribution in [0, 0.1) is 0 Å². The van der Waals surface area contributed by atoms with Crippen molar-refractivity contribution in [3.63, 3.8) is 0 Å². The molecule has 3 nitrogen and oxygen atoms in total. The molecule has 354 valence electrons. The maximum Gasteiger partial charge on any atom is 0.418 e. The van der Waals surface area contributed by atoms with E-state index in [1.807, 2.05) is 11.0 Å². The summed E-state index contributed by atoms with van der Waals surface area (Å²) < 4.78 is 50.4. The van der Waals surface area contributed by atoms with E-state index < -0.39 is 11.7 Å². The molecule has 0 aliphatic carbocycles. The Labute approximate surface area is 429 Å². The third kappa shape index (κ3) is 6.30. The highest BCUT2D eigenvalue weighted by atomic mass is 32.2. The lowest BCUT2D eigenvalue weighted by molar-refractivity contribution is -0.137. The number of para-hydroxylation sites is 3. The second-order valence-electron chi connectivity index (χ2n) is 21.2. The average Bonchev–Trinajstić information content (AvgIpc) is 3.76. The van der Waals surface area contributed by atoms with Crippen molar-refractivity contribution in [2.24, 2.45) is 0 Å². The van der Waals surface area contributed by atoms with Crippen LogP contribution in [0.3, 0.4) is 0 Å². The van der Waals surface area contributed by atoms with Crippen molar-refractivity contribution in [3.05, 3.63) is 198 Å². The Hall–Kier alpha value is -7.35. The van der Waals surface area contributed by atoms with E-state index in [-0.39, 0.29) is 30.9 Å². The van der Waals surface area contributed by atoms with Crippen LogP contribution in [0.25, 0.3) is 38.6 Å². The molecule has 0 radical (unpaired) electrons. The minimum absolute atomic E-state index is 0.111. The molecule has 0 atom stereocenters. The van der Waals surface area contributed by atoms with Gasteiger partial charge in [-0.15, -0.1) is 0 Å². The van der Waals surface area contributed by atoms with Gasteiger partial charge >= 0.3 is 6.18 Å². The molecule has 73 heavy (non-hydrogen) atoms. The summed E-state index contributed by atoms with van der Waals surface area (Å²) in [5.41, 5.74) is 19.9. The number of aromatic nitrogens is 1. The molecule has 0 bridgehead atoms. The Kier molecular flexibility index (Phi) is 9.77. The number of hydrogen-bond acceptors (Lipinski definition) is 3. The smallest absolute Gasteiger partial charge is 0.312 e. The van der Waals surface area contributed by atoms with Gasteiger partial charge in [-0.1, -0.05) is 174 Å². The van der Waals surface area contributed by atoms with Gasteiger partial charge in [-0.05, 0) is 128 Å². The molecule has 9 heteroatoms. The quantitative estimate of drug-likeness (QED) is 0.154. The molecule has 0 unspecified atom stereocenters. The molecule has 10 aromatic rings. The van der Waals surface area contributed by atoms with Crippen LogP contribution in [0.5, 0.6) is 0 Å². The number of anilines is 6. The molecule has 9 aromatic carbocycles. The van der Waals surface area contributed by atoms with E-state index >= 15 is 13.2 Å². The molecule has 4 aliphatic heterocycles. The standard InChI is InChI=1S/C64H50B2F3N3S/c1-36(2)39-28-31-53-47(33-39)65-46-22-12-15-26-56(46)73-63-58(44-20-16-25-55-57(44)43-19-10-13-23-50(43)70(55)42-17-8-7-9-18-42)61-59-62(60(63)65)72(53)54-32-29-41(38(5)6)35-49(54)66(59)48-34-40(37(3)4)27-30-52(48)71(61)51-24-14-11-21-45(51)64(67,68)69/h7-38H,1-6H3. The molecule has 4 aliphatic rings. The Morgan fingerprint density at radius 3 is 1.63 bits per heavy atom. The van der Waals surface area contributed by atoms with Crippen molar-refractivity contribution in [1.29, 1.82) is 0 Å². The van der Waals surface area contributed by atoms with Crippen LogP contribution in [-0.2, 0) is 6.18 Å². The normalized spacial score (nSPS) is 14.0. The predicted molar refractivity (Wildman–Crippen MR) is 303 cm³/mol. The summed E-state index contributed by atoms with van der Waals surface area (Å²) in [6.45, 7) is 13.0. The molecule has 0 N–H and O–H groups in total. The van der Waals surface area contributed by atoms with Gasteiger partial charge in [0.1, 0.15) is 0 Å². The number of benzene rings is 9. The van der Waals surface area contributed by atoms with Crippen molar-refractivity contribution in [3.8, 4) is 16.8 Å². The molecule has 14 rings (SSSR count). The van der Waals surface area contributed by atoms with Gasteiger partial charge in [0.25, 0.3) is 6.71 Å². The van der Waals surface area contributed by atoms with Gasteiger partial charge in [0.15, 0.2) is 0 Å². The van der Waals surface area contributed by atoms with Gasteiger partial charge in [0, 0.05) is 54.6 Å². The highest BCUT2D eigenvalue weighted by Gasteiger charge is 2.53. The lowest BCUT2D eigenvalue weighted by Gasteiger charge is -2.51. The first-order chi connectivity index (χ1) is 35.4. The maximum atomic E-state index is 16.0. The Balaban J connectivity index is 1.24. The van der Waals surface area contributed by atoms with Crippen molar-refractivity contribution in [1.82, 2.24) is 4.57 Å². The number of halogens is 3. The monoisotopic (exact) mass is 971 g/mol. The third-order valence-corrected chi connectivity index (χ3v) is 17.4. The lowest BCUT2D eigenvalue weighted by Crippen LogP contribution is -2.68. The Bertz CT molecular complexity index is 3970. The van der Waals surface area contributed by atoms with Crippen LogP contribution in [0.2, 0.25) is 0 Å². The van der Waals surface area contributed by atoms with Gasteiger partial charge in [-0.3, -0.25) is 0 Å². The molecule has 5 heterocycles. The number of rotatable bonds is 6. The minimum Gasteiger partial charge on any atom is -0.312 e. The largest absolute Gasteiger partial charge is 0.418 e. The highest BCUT2D eigenvalue weighted by Crippen LogP contribution is 2.56. The molecule has 1 aromatic heterocycles. The summed E-state index contributed by atoms with van der Waals surface area (Å²) in [4.78, 5) is 6.76. The van der Waals surface area contributed by atoms with Crippen LogP contribution < -0.4 is 42.6 Å². The molecule has 0 amide bonds. The highest BCUT2D eigenvalue weighted by molar-refractivity contribution is 8.00. The van der Waals surface area contributed by atoms with Gasteiger partial charge in [-0.25, -0.2) is 0 Å². The van der Waals surface area contributed by atoms with Gasteiger partial charge in [-0.2, -0.15) is 13.2 Å². The third-order valence-electron chi connectivity index (χ3n) is 16.2. The minimum atomic E-state index is -4.65. The fourth-order valence-corrected chi connectivity index (χ4v) is 14.1. The molecule has 0 saturated heterocycles. The zero-order valence-corrected chi connectivity index (χ0v) is 42.3. The number of hydrogen-bond donors (Lipinski definition) is 0. The first-order valence-electron chi connectivity index (χ1n) is 25.7. The van der Waals surface area contributed by atoms with Crippen LogP contribution >= 0.6 is 11.8 Å². The van der Waals surface area contributed by atoms with E-state index in [2.05, 4.69) is 197 Å². The molecule has 0 saturated carbocycles. The first kappa shape index (κ1) is 44.4. The van der Waals surface area contributed by atoms with E-state index in [9.17, 15) is 0 Å². The molecule has 0 spiro atoms. The van der Waals surface area contributed by atoms with E-state index in [0.29, 0.717) is 5.92 Å². The summed E-state index contributed by atoms with van der Waals surface area (Å²) >= 11 is 1.77. The second-order valence-corrected chi connectivity index (χ2v) is 22.3. The van der Waals surface area contributed by atoms with E-state index in [4.69, 9.17) is 0 Å².